The summed E-state index contributed by atoms with van der Waals surface area (Å²) in [6.07, 6.45) is 12.2. The third-order valence-corrected chi connectivity index (χ3v) is 9.45. The summed E-state index contributed by atoms with van der Waals surface area (Å²) in [4.78, 5) is 15.3. The van der Waals surface area contributed by atoms with Crippen molar-refractivity contribution >= 4 is 49.6 Å². The van der Waals surface area contributed by atoms with Gasteiger partial charge < -0.3 is 4.42 Å². The predicted molar refractivity (Wildman–Crippen MR) is 217 cm³/mol. The van der Waals surface area contributed by atoms with Crippen LogP contribution in [0.5, 0.6) is 0 Å². The van der Waals surface area contributed by atoms with Crippen LogP contribution in [0.4, 0.5) is 0 Å². The number of allylic oxidation sites excluding steroid dienone is 5. The van der Waals surface area contributed by atoms with E-state index in [1.54, 1.807) is 0 Å². The number of aromatic nitrogens is 3. The summed E-state index contributed by atoms with van der Waals surface area (Å²) < 4.78 is 6.52. The summed E-state index contributed by atoms with van der Waals surface area (Å²) in [5.41, 5.74) is 7.74. The van der Waals surface area contributed by atoms with Crippen LogP contribution in [0.3, 0.4) is 0 Å². The lowest BCUT2D eigenvalue weighted by molar-refractivity contribution is 0.669. The molecular formula is C48H33N3O. The normalized spacial score (nSPS) is 12.1. The van der Waals surface area contributed by atoms with Crippen molar-refractivity contribution in [1.82, 2.24) is 15.0 Å². The van der Waals surface area contributed by atoms with Gasteiger partial charge in [-0.25, -0.2) is 15.0 Å². The number of rotatable bonds is 7. The quantitative estimate of drug-likeness (QED) is 0.159. The van der Waals surface area contributed by atoms with Gasteiger partial charge in [0.15, 0.2) is 17.5 Å². The Hall–Kier alpha value is -6.91. The molecule has 7 aromatic carbocycles. The predicted octanol–water partition coefficient (Wildman–Crippen LogP) is 12.9. The Morgan fingerprint density at radius 3 is 1.71 bits per heavy atom. The molecule has 0 radical (unpaired) electrons. The smallest absolute Gasteiger partial charge is 0.164 e. The zero-order chi connectivity index (χ0) is 34.9. The molecule has 246 valence electrons. The van der Waals surface area contributed by atoms with E-state index in [-0.39, 0.29) is 0 Å². The number of benzene rings is 7. The van der Waals surface area contributed by atoms with Crippen LogP contribution in [0.25, 0.3) is 94.8 Å². The Balaban J connectivity index is 1.15. The summed E-state index contributed by atoms with van der Waals surface area (Å²) >= 11 is 0. The molecule has 0 saturated heterocycles. The molecule has 4 nitrogen and oxygen atoms in total. The lowest BCUT2D eigenvalue weighted by Crippen LogP contribution is -2.00. The summed E-state index contributed by atoms with van der Waals surface area (Å²) in [6, 6.07) is 50.5. The van der Waals surface area contributed by atoms with Crippen molar-refractivity contribution < 1.29 is 4.42 Å². The van der Waals surface area contributed by atoms with Crippen molar-refractivity contribution in [2.45, 2.75) is 6.92 Å². The zero-order valence-electron chi connectivity index (χ0n) is 28.6. The molecule has 0 atom stereocenters. The molecule has 0 unspecified atom stereocenters. The van der Waals surface area contributed by atoms with E-state index in [1.165, 1.54) is 10.8 Å². The van der Waals surface area contributed by atoms with Crippen LogP contribution in [-0.2, 0) is 0 Å². The molecule has 0 N–H and O–H groups in total. The Morgan fingerprint density at radius 1 is 0.442 bits per heavy atom. The van der Waals surface area contributed by atoms with Crippen molar-refractivity contribution in [3.8, 4) is 45.3 Å². The summed E-state index contributed by atoms with van der Waals surface area (Å²) in [7, 11) is 0. The van der Waals surface area contributed by atoms with Gasteiger partial charge in [0.05, 0.1) is 0 Å². The van der Waals surface area contributed by atoms with Crippen molar-refractivity contribution in [3.63, 3.8) is 0 Å². The van der Waals surface area contributed by atoms with Crippen LogP contribution in [0.15, 0.2) is 180 Å². The summed E-state index contributed by atoms with van der Waals surface area (Å²) in [5.74, 6) is 1.85. The first kappa shape index (κ1) is 31.1. The largest absolute Gasteiger partial charge is 0.456 e. The minimum absolute atomic E-state index is 0.600. The van der Waals surface area contributed by atoms with Crippen LogP contribution < -0.4 is 0 Å². The minimum Gasteiger partial charge on any atom is -0.456 e. The fraction of sp³-hybridized carbons (Fsp3) is 0.0208. The minimum atomic E-state index is 0.600. The van der Waals surface area contributed by atoms with E-state index in [0.717, 1.165) is 66.1 Å². The lowest BCUT2D eigenvalue weighted by atomic mass is 10.0. The van der Waals surface area contributed by atoms with Crippen molar-refractivity contribution in [3.05, 3.63) is 182 Å². The molecule has 0 aliphatic carbocycles. The third-order valence-electron chi connectivity index (χ3n) is 9.45. The fourth-order valence-corrected chi connectivity index (χ4v) is 6.80. The molecule has 4 heteroatoms. The molecule has 0 aliphatic rings. The van der Waals surface area contributed by atoms with E-state index in [2.05, 4.69) is 146 Å². The van der Waals surface area contributed by atoms with Gasteiger partial charge in [0.25, 0.3) is 0 Å². The van der Waals surface area contributed by atoms with Crippen molar-refractivity contribution in [1.29, 1.82) is 0 Å². The monoisotopic (exact) mass is 667 g/mol. The van der Waals surface area contributed by atoms with Crippen molar-refractivity contribution in [2.75, 3.05) is 0 Å². The molecule has 0 amide bonds. The number of hydrogen-bond donors (Lipinski definition) is 0. The number of nitrogens with zero attached hydrogens (tertiary/aromatic N) is 3. The fourth-order valence-electron chi connectivity index (χ4n) is 6.80. The highest BCUT2D eigenvalue weighted by molar-refractivity contribution is 6.12. The van der Waals surface area contributed by atoms with Crippen LogP contribution in [0.2, 0.25) is 0 Å². The van der Waals surface area contributed by atoms with Crippen molar-refractivity contribution in [2.24, 2.45) is 0 Å². The van der Waals surface area contributed by atoms with Gasteiger partial charge in [-0.2, -0.15) is 0 Å². The maximum Gasteiger partial charge on any atom is 0.164 e. The van der Waals surface area contributed by atoms with E-state index in [1.807, 2.05) is 43.4 Å². The number of furan rings is 1. The van der Waals surface area contributed by atoms with Gasteiger partial charge in [0.2, 0.25) is 0 Å². The zero-order valence-corrected chi connectivity index (χ0v) is 28.6. The molecule has 0 saturated carbocycles. The van der Waals surface area contributed by atoms with E-state index >= 15 is 0 Å². The third kappa shape index (κ3) is 5.97. The molecule has 0 fully saturated rings. The standard InChI is InChI=1S/C48H33N3O/c1-2-3-4-5-6-12-32-19-21-35(22-20-32)38-27-28-41-44(31-38)52-43-18-11-17-42(45(41)43)48-50-46(39-25-23-33-13-7-9-15-36(33)29-39)49-47(51-48)40-26-24-34-14-8-10-16-37(34)30-40/h2-31H,1H3/b3-2-,5-4-,12-6+. The van der Waals surface area contributed by atoms with Crippen LogP contribution in [-0.4, -0.2) is 15.0 Å². The summed E-state index contributed by atoms with van der Waals surface area (Å²) in [5, 5.41) is 6.61. The second kappa shape index (κ2) is 13.4. The van der Waals surface area contributed by atoms with Gasteiger partial charge in [-0.05, 0) is 75.5 Å². The van der Waals surface area contributed by atoms with Crippen LogP contribution >= 0.6 is 0 Å². The first-order valence-electron chi connectivity index (χ1n) is 17.5. The van der Waals surface area contributed by atoms with Gasteiger partial charge in [-0.15, -0.1) is 0 Å². The molecule has 0 aliphatic heterocycles. The second-order valence-corrected chi connectivity index (χ2v) is 12.8. The van der Waals surface area contributed by atoms with Gasteiger partial charge in [-0.1, -0.05) is 152 Å². The first-order valence-corrected chi connectivity index (χ1v) is 17.5. The topological polar surface area (TPSA) is 51.8 Å². The lowest BCUT2D eigenvalue weighted by Gasteiger charge is -2.10. The second-order valence-electron chi connectivity index (χ2n) is 12.8. The maximum absolute atomic E-state index is 6.52. The first-order chi connectivity index (χ1) is 25.7. The SMILES string of the molecule is C\C=C/C=C\C=C\c1ccc(-c2ccc3c(c2)oc2cccc(-c4nc(-c5ccc6ccccc6c5)nc(-c5ccc6ccccc6c5)n4)c23)cc1. The van der Waals surface area contributed by atoms with E-state index in [0.29, 0.717) is 17.5 Å². The summed E-state index contributed by atoms with van der Waals surface area (Å²) in [6.45, 7) is 2.01. The molecule has 9 aromatic rings. The van der Waals surface area contributed by atoms with Gasteiger partial charge in [0, 0.05) is 27.5 Å². The molecular weight excluding hydrogens is 635 g/mol. The van der Waals surface area contributed by atoms with Crippen LogP contribution in [0.1, 0.15) is 12.5 Å². The highest BCUT2D eigenvalue weighted by Crippen LogP contribution is 2.38. The molecule has 0 bridgehead atoms. The number of hydrogen-bond acceptors (Lipinski definition) is 4. The Kier molecular flexibility index (Phi) is 8.03. The highest BCUT2D eigenvalue weighted by atomic mass is 16.3. The average Bonchev–Trinajstić information content (AvgIpc) is 3.59. The molecule has 52 heavy (non-hydrogen) atoms. The average molecular weight is 668 g/mol. The Morgan fingerprint density at radius 2 is 1.04 bits per heavy atom. The molecule has 2 heterocycles. The molecule has 0 spiro atoms. The van der Waals surface area contributed by atoms with E-state index in [9.17, 15) is 0 Å². The molecule has 2 aromatic heterocycles. The Bertz CT molecular complexity index is 2760. The van der Waals surface area contributed by atoms with E-state index in [4.69, 9.17) is 19.4 Å². The highest BCUT2D eigenvalue weighted by Gasteiger charge is 2.18. The van der Waals surface area contributed by atoms with Gasteiger partial charge in [-0.3, -0.25) is 0 Å². The Labute approximate surface area is 301 Å². The molecule has 9 rings (SSSR count). The van der Waals surface area contributed by atoms with Gasteiger partial charge in [0.1, 0.15) is 11.2 Å². The van der Waals surface area contributed by atoms with Crippen LogP contribution in [0, 0.1) is 0 Å². The maximum atomic E-state index is 6.52. The van der Waals surface area contributed by atoms with Gasteiger partial charge >= 0.3 is 0 Å². The van der Waals surface area contributed by atoms with E-state index < -0.39 is 0 Å². The number of fused-ring (bicyclic) bond motifs is 5.